The van der Waals surface area contributed by atoms with Gasteiger partial charge >= 0.3 is 11.9 Å². The van der Waals surface area contributed by atoms with Crippen molar-refractivity contribution in [1.82, 2.24) is 0 Å². The first-order chi connectivity index (χ1) is 12.9. The second kappa shape index (κ2) is 11.1. The third kappa shape index (κ3) is 6.16. The van der Waals surface area contributed by atoms with Crippen molar-refractivity contribution in [3.05, 3.63) is 47.1 Å². The van der Waals surface area contributed by atoms with Gasteiger partial charge in [-0.25, -0.2) is 9.59 Å². The summed E-state index contributed by atoms with van der Waals surface area (Å²) in [6.45, 7) is 6.88. The molecule has 0 bridgehead atoms. The van der Waals surface area contributed by atoms with Gasteiger partial charge < -0.3 is 18.9 Å². The monoisotopic (exact) mass is 376 g/mol. The SMILES string of the molecule is CC=C(C)C(=O)OCC(=CC)C(=O)O[C@@H](CC)c1ccc(OC)c(OC)c1. The predicted molar refractivity (Wildman–Crippen MR) is 103 cm³/mol. The average Bonchev–Trinajstić information content (AvgIpc) is 2.70. The van der Waals surface area contributed by atoms with Crippen molar-refractivity contribution in [3.63, 3.8) is 0 Å². The maximum Gasteiger partial charge on any atom is 0.337 e. The standard InChI is InChI=1S/C21H28O6/c1-7-14(4)20(22)26-13-15(8-2)21(23)27-17(9-3)16-10-11-18(24-5)19(12-16)25-6/h7-8,10-12,17H,9,13H2,1-6H3/t17-/m0/s1. The second-order valence-electron chi connectivity index (χ2n) is 5.78. The number of methoxy groups -OCH3 is 2. The molecule has 1 atom stereocenters. The van der Waals surface area contributed by atoms with Crippen LogP contribution < -0.4 is 9.47 Å². The van der Waals surface area contributed by atoms with Crippen LogP contribution in [0.25, 0.3) is 0 Å². The van der Waals surface area contributed by atoms with Gasteiger partial charge in [0.2, 0.25) is 0 Å². The zero-order valence-corrected chi connectivity index (χ0v) is 16.8. The van der Waals surface area contributed by atoms with Crippen LogP contribution in [0.3, 0.4) is 0 Å². The van der Waals surface area contributed by atoms with Gasteiger partial charge in [0.15, 0.2) is 11.5 Å². The molecule has 6 nitrogen and oxygen atoms in total. The molecule has 0 spiro atoms. The lowest BCUT2D eigenvalue weighted by Gasteiger charge is -2.19. The zero-order chi connectivity index (χ0) is 20.4. The molecular formula is C21H28O6. The van der Waals surface area contributed by atoms with Gasteiger partial charge in [-0.1, -0.05) is 25.1 Å². The summed E-state index contributed by atoms with van der Waals surface area (Å²) >= 11 is 0. The van der Waals surface area contributed by atoms with Crippen LogP contribution in [0.5, 0.6) is 11.5 Å². The first-order valence-corrected chi connectivity index (χ1v) is 8.79. The predicted octanol–water partition coefficient (Wildman–Crippen LogP) is 4.15. The molecule has 6 heteroatoms. The van der Waals surface area contributed by atoms with E-state index in [1.165, 1.54) is 0 Å². The van der Waals surface area contributed by atoms with Gasteiger partial charge in [-0.15, -0.1) is 0 Å². The highest BCUT2D eigenvalue weighted by atomic mass is 16.6. The van der Waals surface area contributed by atoms with Crippen LogP contribution in [0, 0.1) is 0 Å². The Morgan fingerprint density at radius 1 is 1.04 bits per heavy atom. The number of benzene rings is 1. The molecule has 1 aromatic rings. The van der Waals surface area contributed by atoms with E-state index in [1.54, 1.807) is 59.3 Å². The number of hydrogen-bond donors (Lipinski definition) is 0. The van der Waals surface area contributed by atoms with Crippen molar-refractivity contribution in [3.8, 4) is 11.5 Å². The molecular weight excluding hydrogens is 348 g/mol. The molecule has 0 amide bonds. The van der Waals surface area contributed by atoms with Crippen LogP contribution in [0.2, 0.25) is 0 Å². The lowest BCUT2D eigenvalue weighted by atomic mass is 10.1. The van der Waals surface area contributed by atoms with Crippen LogP contribution in [-0.4, -0.2) is 32.8 Å². The Bertz CT molecular complexity index is 717. The number of hydrogen-bond acceptors (Lipinski definition) is 6. The Hall–Kier alpha value is -2.76. The van der Waals surface area contributed by atoms with Gasteiger partial charge in [0.25, 0.3) is 0 Å². The summed E-state index contributed by atoms with van der Waals surface area (Å²) < 4.78 is 21.3. The highest BCUT2D eigenvalue weighted by Gasteiger charge is 2.20. The highest BCUT2D eigenvalue weighted by molar-refractivity contribution is 5.91. The van der Waals surface area contributed by atoms with E-state index < -0.39 is 18.0 Å². The Morgan fingerprint density at radius 3 is 2.22 bits per heavy atom. The Labute approximate surface area is 160 Å². The molecule has 0 saturated carbocycles. The highest BCUT2D eigenvalue weighted by Crippen LogP contribution is 2.32. The molecule has 1 aromatic carbocycles. The maximum atomic E-state index is 12.5. The Morgan fingerprint density at radius 2 is 1.70 bits per heavy atom. The molecule has 0 aliphatic rings. The first kappa shape index (κ1) is 22.3. The van der Waals surface area contributed by atoms with E-state index in [1.807, 2.05) is 13.0 Å². The number of carbonyl (C=O) groups excluding carboxylic acids is 2. The Kier molecular flexibility index (Phi) is 9.13. The molecule has 0 heterocycles. The number of esters is 2. The fourth-order valence-corrected chi connectivity index (χ4v) is 2.28. The number of ether oxygens (including phenoxy) is 4. The van der Waals surface area contributed by atoms with Crippen molar-refractivity contribution in [2.45, 2.75) is 40.2 Å². The third-order valence-corrected chi connectivity index (χ3v) is 4.12. The van der Waals surface area contributed by atoms with E-state index in [2.05, 4.69) is 0 Å². The summed E-state index contributed by atoms with van der Waals surface area (Å²) in [7, 11) is 3.11. The lowest BCUT2D eigenvalue weighted by molar-refractivity contribution is -0.146. The van der Waals surface area contributed by atoms with Crippen LogP contribution in [0.4, 0.5) is 0 Å². The van der Waals surface area contributed by atoms with Gasteiger partial charge in [0.05, 0.1) is 19.8 Å². The van der Waals surface area contributed by atoms with Gasteiger partial charge in [-0.2, -0.15) is 0 Å². The lowest BCUT2D eigenvalue weighted by Crippen LogP contribution is -2.18. The molecule has 0 aliphatic heterocycles. The molecule has 0 N–H and O–H groups in total. The van der Waals surface area contributed by atoms with E-state index in [-0.39, 0.29) is 12.2 Å². The van der Waals surface area contributed by atoms with Crippen LogP contribution in [-0.2, 0) is 19.1 Å². The smallest absolute Gasteiger partial charge is 0.337 e. The molecule has 0 radical (unpaired) electrons. The quantitative estimate of drug-likeness (QED) is 0.476. The van der Waals surface area contributed by atoms with Crippen molar-refractivity contribution >= 4 is 11.9 Å². The molecule has 27 heavy (non-hydrogen) atoms. The van der Waals surface area contributed by atoms with E-state index in [0.29, 0.717) is 23.5 Å². The first-order valence-electron chi connectivity index (χ1n) is 8.79. The average molecular weight is 376 g/mol. The molecule has 0 fully saturated rings. The summed E-state index contributed by atoms with van der Waals surface area (Å²) in [5.41, 5.74) is 1.56. The van der Waals surface area contributed by atoms with Crippen molar-refractivity contribution < 1.29 is 28.5 Å². The minimum atomic E-state index is -0.523. The molecule has 1 rings (SSSR count). The maximum absolute atomic E-state index is 12.5. The van der Waals surface area contributed by atoms with Crippen molar-refractivity contribution in [2.75, 3.05) is 20.8 Å². The largest absolute Gasteiger partial charge is 0.493 e. The molecule has 0 saturated heterocycles. The van der Waals surface area contributed by atoms with Crippen LogP contribution >= 0.6 is 0 Å². The van der Waals surface area contributed by atoms with Gasteiger partial charge in [0.1, 0.15) is 12.7 Å². The van der Waals surface area contributed by atoms with Gasteiger partial charge in [-0.3, -0.25) is 0 Å². The summed E-state index contributed by atoms with van der Waals surface area (Å²) in [5, 5.41) is 0. The van der Waals surface area contributed by atoms with E-state index >= 15 is 0 Å². The minimum absolute atomic E-state index is 0.137. The molecule has 0 aliphatic carbocycles. The number of allylic oxidation sites excluding steroid dienone is 2. The van der Waals surface area contributed by atoms with Crippen molar-refractivity contribution in [2.24, 2.45) is 0 Å². The molecule has 148 valence electrons. The molecule has 0 unspecified atom stereocenters. The summed E-state index contributed by atoms with van der Waals surface area (Å²) in [6, 6.07) is 5.38. The summed E-state index contributed by atoms with van der Waals surface area (Å²) in [5.74, 6) is 0.177. The Balaban J connectivity index is 2.86. The summed E-state index contributed by atoms with van der Waals surface area (Å²) in [4.78, 5) is 24.2. The number of carbonyl (C=O) groups is 2. The molecule has 0 aromatic heterocycles. The van der Waals surface area contributed by atoms with Gasteiger partial charge in [0, 0.05) is 5.57 Å². The van der Waals surface area contributed by atoms with Gasteiger partial charge in [-0.05, 0) is 44.9 Å². The minimum Gasteiger partial charge on any atom is -0.493 e. The second-order valence-corrected chi connectivity index (χ2v) is 5.78. The van der Waals surface area contributed by atoms with Crippen LogP contribution in [0.1, 0.15) is 45.8 Å². The number of rotatable bonds is 9. The van der Waals surface area contributed by atoms with E-state index in [0.717, 1.165) is 5.56 Å². The fourth-order valence-electron chi connectivity index (χ4n) is 2.28. The zero-order valence-electron chi connectivity index (χ0n) is 16.8. The fraction of sp³-hybridized carbons (Fsp3) is 0.429. The van der Waals surface area contributed by atoms with E-state index in [4.69, 9.17) is 18.9 Å². The third-order valence-electron chi connectivity index (χ3n) is 4.12. The topological polar surface area (TPSA) is 71.1 Å². The van der Waals surface area contributed by atoms with E-state index in [9.17, 15) is 9.59 Å². The van der Waals surface area contributed by atoms with Crippen molar-refractivity contribution in [1.29, 1.82) is 0 Å². The normalized spacial score (nSPS) is 13.0. The van der Waals surface area contributed by atoms with Crippen LogP contribution in [0.15, 0.2) is 41.5 Å². The summed E-state index contributed by atoms with van der Waals surface area (Å²) in [6.07, 6.45) is 3.36.